The lowest BCUT2D eigenvalue weighted by Crippen LogP contribution is -2.12. The van der Waals surface area contributed by atoms with Crippen LogP contribution in [0.5, 0.6) is 5.75 Å². The van der Waals surface area contributed by atoms with Crippen LogP contribution in [-0.4, -0.2) is 21.8 Å². The van der Waals surface area contributed by atoms with Crippen molar-refractivity contribution >= 4 is 11.4 Å². The van der Waals surface area contributed by atoms with Crippen LogP contribution in [0, 0.1) is 10.1 Å². The van der Waals surface area contributed by atoms with E-state index in [9.17, 15) is 10.1 Å². The molecule has 1 heterocycles. The normalized spacial score (nSPS) is 11.9. The lowest BCUT2D eigenvalue weighted by atomic mass is 10.2. The molecule has 1 atom stereocenters. The van der Waals surface area contributed by atoms with Crippen LogP contribution in [0.15, 0.2) is 30.5 Å². The van der Waals surface area contributed by atoms with Crippen LogP contribution in [0.4, 0.5) is 11.4 Å². The van der Waals surface area contributed by atoms with E-state index in [4.69, 9.17) is 4.74 Å². The van der Waals surface area contributed by atoms with Gasteiger partial charge in [-0.05, 0) is 19.1 Å². The number of rotatable bonds is 5. The molecule has 1 N–H and O–H groups in total. The zero-order chi connectivity index (χ0) is 14.7. The van der Waals surface area contributed by atoms with Crippen LogP contribution in [-0.2, 0) is 7.05 Å². The molecule has 106 valence electrons. The van der Waals surface area contributed by atoms with Crippen molar-refractivity contribution < 1.29 is 9.66 Å². The summed E-state index contributed by atoms with van der Waals surface area (Å²) in [6.07, 6.45) is 1.72. The van der Waals surface area contributed by atoms with Gasteiger partial charge in [0.2, 0.25) is 0 Å². The summed E-state index contributed by atoms with van der Waals surface area (Å²) in [5.41, 5.74) is 1.71. The van der Waals surface area contributed by atoms with E-state index in [1.807, 2.05) is 20.0 Å². The Labute approximate surface area is 116 Å². The van der Waals surface area contributed by atoms with E-state index in [0.717, 1.165) is 5.69 Å². The minimum Gasteiger partial charge on any atom is -0.494 e. The summed E-state index contributed by atoms with van der Waals surface area (Å²) in [5.74, 6) is 0.438. The van der Waals surface area contributed by atoms with Crippen molar-refractivity contribution in [3.05, 3.63) is 46.3 Å². The minimum atomic E-state index is -0.448. The molecule has 0 radical (unpaired) electrons. The number of benzene rings is 1. The topological polar surface area (TPSA) is 82.2 Å². The highest BCUT2D eigenvalue weighted by Gasteiger charge is 2.15. The molecule has 0 amide bonds. The number of nitrogens with one attached hydrogen (secondary N) is 1. The van der Waals surface area contributed by atoms with E-state index in [-0.39, 0.29) is 11.7 Å². The molecule has 0 saturated carbocycles. The molecule has 0 spiro atoms. The average molecular weight is 276 g/mol. The van der Waals surface area contributed by atoms with Crippen molar-refractivity contribution in [3.63, 3.8) is 0 Å². The van der Waals surface area contributed by atoms with Crippen LogP contribution < -0.4 is 10.1 Å². The summed E-state index contributed by atoms with van der Waals surface area (Å²) in [4.78, 5) is 10.3. The second kappa shape index (κ2) is 5.60. The maximum Gasteiger partial charge on any atom is 0.273 e. The first-order valence-electron chi connectivity index (χ1n) is 6.09. The Hall–Kier alpha value is -2.57. The number of aryl methyl sites for hydroxylation is 1. The van der Waals surface area contributed by atoms with Crippen molar-refractivity contribution in [3.8, 4) is 5.75 Å². The van der Waals surface area contributed by atoms with Gasteiger partial charge in [-0.3, -0.25) is 14.8 Å². The predicted molar refractivity (Wildman–Crippen MR) is 74.9 cm³/mol. The third kappa shape index (κ3) is 2.71. The Bertz CT molecular complexity index is 624. The molecule has 1 aromatic carbocycles. The maximum atomic E-state index is 10.8. The Morgan fingerprint density at radius 3 is 2.75 bits per heavy atom. The zero-order valence-corrected chi connectivity index (χ0v) is 11.5. The highest BCUT2D eigenvalue weighted by atomic mass is 16.6. The number of aromatic nitrogens is 2. The average Bonchev–Trinajstić information content (AvgIpc) is 2.85. The van der Waals surface area contributed by atoms with Gasteiger partial charge < -0.3 is 10.1 Å². The molecule has 0 bridgehead atoms. The number of methoxy groups -OCH3 is 1. The van der Waals surface area contributed by atoms with Gasteiger partial charge in [0.1, 0.15) is 5.75 Å². The number of non-ortho nitro benzene ring substituents is 1. The summed E-state index contributed by atoms with van der Waals surface area (Å²) in [7, 11) is 3.35. The molecule has 7 heteroatoms. The molecule has 2 aromatic rings. The van der Waals surface area contributed by atoms with E-state index in [0.29, 0.717) is 11.4 Å². The van der Waals surface area contributed by atoms with Crippen LogP contribution in [0.2, 0.25) is 0 Å². The van der Waals surface area contributed by atoms with E-state index < -0.39 is 4.92 Å². The van der Waals surface area contributed by atoms with Gasteiger partial charge in [0.05, 0.1) is 35.5 Å². The molecule has 0 saturated heterocycles. The van der Waals surface area contributed by atoms with Crippen molar-refractivity contribution in [1.82, 2.24) is 9.78 Å². The number of anilines is 1. The minimum absolute atomic E-state index is 0.000543. The van der Waals surface area contributed by atoms with Gasteiger partial charge in [-0.1, -0.05) is 0 Å². The van der Waals surface area contributed by atoms with Gasteiger partial charge in [-0.25, -0.2) is 0 Å². The number of hydrogen-bond donors (Lipinski definition) is 1. The SMILES string of the molecule is COc1cc([N+](=O)[O-])ccc1NC(C)c1ccnn1C. The zero-order valence-electron chi connectivity index (χ0n) is 11.5. The van der Waals surface area contributed by atoms with Crippen LogP contribution in [0.1, 0.15) is 18.7 Å². The Morgan fingerprint density at radius 1 is 1.45 bits per heavy atom. The third-order valence-corrected chi connectivity index (χ3v) is 3.07. The molecule has 0 aliphatic heterocycles. The highest BCUT2D eigenvalue weighted by molar-refractivity contribution is 5.61. The monoisotopic (exact) mass is 276 g/mol. The molecular weight excluding hydrogens is 260 g/mol. The fourth-order valence-electron chi connectivity index (χ4n) is 2.03. The smallest absolute Gasteiger partial charge is 0.273 e. The molecular formula is C13H16N4O3. The number of nitrogens with zero attached hydrogens (tertiary/aromatic N) is 3. The molecule has 1 aromatic heterocycles. The summed E-state index contributed by atoms with van der Waals surface area (Å²) >= 11 is 0. The number of nitro benzene ring substituents is 1. The van der Waals surface area contributed by atoms with E-state index in [1.165, 1.54) is 19.2 Å². The van der Waals surface area contributed by atoms with Gasteiger partial charge in [0.25, 0.3) is 5.69 Å². The first-order valence-corrected chi connectivity index (χ1v) is 6.09. The van der Waals surface area contributed by atoms with Gasteiger partial charge in [0, 0.05) is 19.3 Å². The summed E-state index contributed by atoms with van der Waals surface area (Å²) < 4.78 is 6.97. The van der Waals surface area contributed by atoms with Crippen LogP contribution in [0.3, 0.4) is 0 Å². The quantitative estimate of drug-likeness (QED) is 0.670. The Morgan fingerprint density at radius 2 is 2.20 bits per heavy atom. The van der Waals surface area contributed by atoms with Crippen molar-refractivity contribution in [2.75, 3.05) is 12.4 Å². The first kappa shape index (κ1) is 13.9. The van der Waals surface area contributed by atoms with E-state index in [2.05, 4.69) is 10.4 Å². The third-order valence-electron chi connectivity index (χ3n) is 3.07. The van der Waals surface area contributed by atoms with E-state index in [1.54, 1.807) is 16.9 Å². The lowest BCUT2D eigenvalue weighted by molar-refractivity contribution is -0.384. The first-order chi connectivity index (χ1) is 9.52. The number of nitro groups is 1. The maximum absolute atomic E-state index is 10.8. The summed E-state index contributed by atoms with van der Waals surface area (Å²) in [6, 6.07) is 6.40. The molecule has 2 rings (SSSR count). The van der Waals surface area contributed by atoms with E-state index >= 15 is 0 Å². The second-order valence-corrected chi connectivity index (χ2v) is 4.39. The van der Waals surface area contributed by atoms with Crippen molar-refractivity contribution in [2.45, 2.75) is 13.0 Å². The molecule has 20 heavy (non-hydrogen) atoms. The fourth-order valence-corrected chi connectivity index (χ4v) is 2.03. The number of ether oxygens (including phenoxy) is 1. The Balaban J connectivity index is 2.25. The summed E-state index contributed by atoms with van der Waals surface area (Å²) in [5, 5.41) is 18.1. The highest BCUT2D eigenvalue weighted by Crippen LogP contribution is 2.31. The van der Waals surface area contributed by atoms with Gasteiger partial charge in [-0.2, -0.15) is 5.10 Å². The van der Waals surface area contributed by atoms with Crippen LogP contribution in [0.25, 0.3) is 0 Å². The van der Waals surface area contributed by atoms with Gasteiger partial charge in [-0.15, -0.1) is 0 Å². The largest absolute Gasteiger partial charge is 0.494 e. The van der Waals surface area contributed by atoms with Crippen LogP contribution >= 0.6 is 0 Å². The molecule has 1 unspecified atom stereocenters. The van der Waals surface area contributed by atoms with Crippen molar-refractivity contribution in [1.29, 1.82) is 0 Å². The molecule has 0 aliphatic carbocycles. The van der Waals surface area contributed by atoms with Crippen molar-refractivity contribution in [2.24, 2.45) is 7.05 Å². The van der Waals surface area contributed by atoms with Gasteiger partial charge >= 0.3 is 0 Å². The number of hydrogen-bond acceptors (Lipinski definition) is 5. The Kier molecular flexibility index (Phi) is 3.88. The summed E-state index contributed by atoms with van der Waals surface area (Å²) in [6.45, 7) is 1.98. The van der Waals surface area contributed by atoms with Gasteiger partial charge in [0.15, 0.2) is 0 Å². The second-order valence-electron chi connectivity index (χ2n) is 4.39. The lowest BCUT2D eigenvalue weighted by Gasteiger charge is -2.17. The molecule has 0 fully saturated rings. The predicted octanol–water partition coefficient (Wildman–Crippen LogP) is 2.51. The molecule has 7 nitrogen and oxygen atoms in total. The fraction of sp³-hybridized carbons (Fsp3) is 0.308. The standard InChI is InChI=1S/C13H16N4O3/c1-9(12-6-7-14-16(12)2)15-11-5-4-10(17(18)19)8-13(11)20-3/h4-9,15H,1-3H3. The molecule has 0 aliphatic rings.